The highest BCUT2D eigenvalue weighted by atomic mass is 16.5. The van der Waals surface area contributed by atoms with E-state index in [1.807, 2.05) is 6.08 Å². The van der Waals surface area contributed by atoms with Crippen LogP contribution in [0.1, 0.15) is 25.7 Å². The van der Waals surface area contributed by atoms with Crippen LogP contribution in [0, 0.1) is 0 Å². The Morgan fingerprint density at radius 1 is 1.58 bits per heavy atom. The Labute approximate surface area is 75.0 Å². The van der Waals surface area contributed by atoms with Gasteiger partial charge in [0.15, 0.2) is 0 Å². The van der Waals surface area contributed by atoms with Crippen molar-refractivity contribution in [1.82, 2.24) is 5.32 Å². The summed E-state index contributed by atoms with van der Waals surface area (Å²) in [6, 6.07) is 0.619. The molecule has 1 unspecified atom stereocenters. The van der Waals surface area contributed by atoms with Gasteiger partial charge in [0.1, 0.15) is 0 Å². The number of hydrogen-bond donors (Lipinski definition) is 1. The first-order valence-corrected chi connectivity index (χ1v) is 4.85. The number of hydrogen-bond acceptors (Lipinski definition) is 2. The molecular weight excluding hydrogens is 150 g/mol. The first-order valence-electron chi connectivity index (χ1n) is 4.85. The summed E-state index contributed by atoms with van der Waals surface area (Å²) in [6.45, 7) is 6.60. The van der Waals surface area contributed by atoms with Crippen LogP contribution in [0.3, 0.4) is 0 Å². The molecule has 1 atom stereocenters. The molecule has 0 radical (unpaired) electrons. The molecule has 0 bridgehead atoms. The second kappa shape index (κ2) is 6.21. The van der Waals surface area contributed by atoms with E-state index in [-0.39, 0.29) is 0 Å². The molecule has 0 saturated carbocycles. The summed E-state index contributed by atoms with van der Waals surface area (Å²) < 4.78 is 5.51. The lowest BCUT2D eigenvalue weighted by molar-refractivity contribution is 0.114. The molecule has 12 heavy (non-hydrogen) atoms. The van der Waals surface area contributed by atoms with Gasteiger partial charge in [-0.3, -0.25) is 0 Å². The number of unbranched alkanes of at least 4 members (excludes halogenated alkanes) is 1. The fourth-order valence-corrected chi connectivity index (χ4v) is 1.45. The van der Waals surface area contributed by atoms with Crippen LogP contribution >= 0.6 is 0 Å². The van der Waals surface area contributed by atoms with E-state index in [9.17, 15) is 0 Å². The zero-order valence-corrected chi connectivity index (χ0v) is 7.72. The molecular formula is C10H19NO. The standard InChI is InChI=1S/C10H19NO/c1-2-3-4-8-12-9-10-6-5-7-11-10/h2,10-11H,1,3-9H2. The van der Waals surface area contributed by atoms with Gasteiger partial charge < -0.3 is 10.1 Å². The van der Waals surface area contributed by atoms with Gasteiger partial charge in [-0.15, -0.1) is 6.58 Å². The molecule has 1 rings (SSSR count). The van der Waals surface area contributed by atoms with E-state index < -0.39 is 0 Å². The summed E-state index contributed by atoms with van der Waals surface area (Å²) in [6.07, 6.45) is 6.70. The summed E-state index contributed by atoms with van der Waals surface area (Å²) in [5.74, 6) is 0. The number of rotatable bonds is 6. The molecule has 1 fully saturated rings. The van der Waals surface area contributed by atoms with Gasteiger partial charge in [0, 0.05) is 12.6 Å². The van der Waals surface area contributed by atoms with E-state index in [2.05, 4.69) is 11.9 Å². The Kier molecular flexibility index (Phi) is 5.04. The lowest BCUT2D eigenvalue weighted by atomic mass is 10.2. The Morgan fingerprint density at radius 3 is 3.17 bits per heavy atom. The van der Waals surface area contributed by atoms with Crippen LogP contribution in [0.4, 0.5) is 0 Å². The Balaban J connectivity index is 1.84. The smallest absolute Gasteiger partial charge is 0.0619 e. The molecule has 0 aromatic rings. The Bertz CT molecular complexity index is 119. The third-order valence-corrected chi connectivity index (χ3v) is 2.18. The molecule has 1 saturated heterocycles. The van der Waals surface area contributed by atoms with Crippen molar-refractivity contribution in [2.24, 2.45) is 0 Å². The van der Waals surface area contributed by atoms with Crippen molar-refractivity contribution in [3.8, 4) is 0 Å². The first-order chi connectivity index (χ1) is 5.93. The van der Waals surface area contributed by atoms with Crippen molar-refractivity contribution in [1.29, 1.82) is 0 Å². The first kappa shape index (κ1) is 9.75. The zero-order chi connectivity index (χ0) is 8.65. The third kappa shape index (κ3) is 3.88. The highest BCUT2D eigenvalue weighted by Crippen LogP contribution is 2.05. The van der Waals surface area contributed by atoms with Crippen LogP contribution in [0.5, 0.6) is 0 Å². The monoisotopic (exact) mass is 169 g/mol. The topological polar surface area (TPSA) is 21.3 Å². The second-order valence-electron chi connectivity index (χ2n) is 3.30. The molecule has 0 amide bonds. The summed E-state index contributed by atoms with van der Waals surface area (Å²) in [4.78, 5) is 0. The van der Waals surface area contributed by atoms with Crippen molar-refractivity contribution in [3.63, 3.8) is 0 Å². The van der Waals surface area contributed by atoms with Gasteiger partial charge >= 0.3 is 0 Å². The third-order valence-electron chi connectivity index (χ3n) is 2.18. The van der Waals surface area contributed by atoms with E-state index in [0.717, 1.165) is 26.1 Å². The summed E-state index contributed by atoms with van der Waals surface area (Å²) in [7, 11) is 0. The van der Waals surface area contributed by atoms with Crippen LogP contribution in [-0.2, 0) is 4.74 Å². The van der Waals surface area contributed by atoms with Crippen LogP contribution < -0.4 is 5.32 Å². The number of ether oxygens (including phenoxy) is 1. The minimum absolute atomic E-state index is 0.619. The molecule has 0 aliphatic carbocycles. The van der Waals surface area contributed by atoms with E-state index in [4.69, 9.17) is 4.74 Å². The fourth-order valence-electron chi connectivity index (χ4n) is 1.45. The number of nitrogens with one attached hydrogen (secondary N) is 1. The molecule has 0 spiro atoms. The van der Waals surface area contributed by atoms with Crippen molar-refractivity contribution < 1.29 is 4.74 Å². The van der Waals surface area contributed by atoms with Gasteiger partial charge in [-0.25, -0.2) is 0 Å². The summed E-state index contributed by atoms with van der Waals surface area (Å²) in [5.41, 5.74) is 0. The van der Waals surface area contributed by atoms with Crippen LogP contribution in [-0.4, -0.2) is 25.8 Å². The predicted molar refractivity (Wildman–Crippen MR) is 51.3 cm³/mol. The van der Waals surface area contributed by atoms with Gasteiger partial charge in [-0.2, -0.15) is 0 Å². The van der Waals surface area contributed by atoms with Crippen molar-refractivity contribution in [2.45, 2.75) is 31.7 Å². The van der Waals surface area contributed by atoms with Gasteiger partial charge in [0.05, 0.1) is 6.61 Å². The Morgan fingerprint density at radius 2 is 2.50 bits per heavy atom. The Hall–Kier alpha value is -0.340. The molecule has 1 N–H and O–H groups in total. The average molecular weight is 169 g/mol. The highest BCUT2D eigenvalue weighted by molar-refractivity contribution is 4.73. The predicted octanol–water partition coefficient (Wildman–Crippen LogP) is 1.72. The molecule has 2 heteroatoms. The number of allylic oxidation sites excluding steroid dienone is 1. The second-order valence-corrected chi connectivity index (χ2v) is 3.30. The minimum Gasteiger partial charge on any atom is -0.380 e. The molecule has 1 aliphatic heterocycles. The largest absolute Gasteiger partial charge is 0.380 e. The van der Waals surface area contributed by atoms with Crippen LogP contribution in [0.2, 0.25) is 0 Å². The average Bonchev–Trinajstić information content (AvgIpc) is 2.57. The maximum atomic E-state index is 5.51. The van der Waals surface area contributed by atoms with E-state index in [0.29, 0.717) is 6.04 Å². The van der Waals surface area contributed by atoms with Gasteiger partial charge in [0.25, 0.3) is 0 Å². The summed E-state index contributed by atoms with van der Waals surface area (Å²) >= 11 is 0. The fraction of sp³-hybridized carbons (Fsp3) is 0.800. The molecule has 2 nitrogen and oxygen atoms in total. The summed E-state index contributed by atoms with van der Waals surface area (Å²) in [5, 5.41) is 3.40. The van der Waals surface area contributed by atoms with Crippen molar-refractivity contribution >= 4 is 0 Å². The van der Waals surface area contributed by atoms with E-state index >= 15 is 0 Å². The van der Waals surface area contributed by atoms with Crippen LogP contribution in [0.25, 0.3) is 0 Å². The normalized spacial score (nSPS) is 22.8. The molecule has 0 aromatic heterocycles. The molecule has 70 valence electrons. The van der Waals surface area contributed by atoms with E-state index in [1.165, 1.54) is 19.4 Å². The van der Waals surface area contributed by atoms with Crippen molar-refractivity contribution in [2.75, 3.05) is 19.8 Å². The molecule has 0 aromatic carbocycles. The quantitative estimate of drug-likeness (QED) is 0.483. The van der Waals surface area contributed by atoms with E-state index in [1.54, 1.807) is 0 Å². The maximum Gasteiger partial charge on any atom is 0.0619 e. The zero-order valence-electron chi connectivity index (χ0n) is 7.72. The van der Waals surface area contributed by atoms with Gasteiger partial charge in [-0.1, -0.05) is 6.08 Å². The van der Waals surface area contributed by atoms with Crippen LogP contribution in [0.15, 0.2) is 12.7 Å². The van der Waals surface area contributed by atoms with Gasteiger partial charge in [0.2, 0.25) is 0 Å². The lowest BCUT2D eigenvalue weighted by Gasteiger charge is -2.09. The molecule has 1 aliphatic rings. The maximum absolute atomic E-state index is 5.51. The molecule has 1 heterocycles. The highest BCUT2D eigenvalue weighted by Gasteiger charge is 2.12. The minimum atomic E-state index is 0.619. The van der Waals surface area contributed by atoms with Crippen molar-refractivity contribution in [3.05, 3.63) is 12.7 Å². The lowest BCUT2D eigenvalue weighted by Crippen LogP contribution is -2.26. The van der Waals surface area contributed by atoms with Gasteiger partial charge in [-0.05, 0) is 32.2 Å². The SMILES string of the molecule is C=CCCCOCC1CCCN1.